The average molecular weight is 327 g/mol. The van der Waals surface area contributed by atoms with Gasteiger partial charge in [0.15, 0.2) is 0 Å². The van der Waals surface area contributed by atoms with E-state index in [1.165, 1.54) is 0 Å². The van der Waals surface area contributed by atoms with E-state index < -0.39 is 0 Å². The minimum Gasteiger partial charge on any atom is -0.348 e. The monoisotopic (exact) mass is 326 g/mol. The Morgan fingerprint density at radius 2 is 1.86 bits per heavy atom. The van der Waals surface area contributed by atoms with Crippen molar-refractivity contribution in [1.29, 1.82) is 0 Å². The highest BCUT2D eigenvalue weighted by Crippen LogP contribution is 2.19. The molecule has 1 unspecified atom stereocenters. The van der Waals surface area contributed by atoms with Crippen LogP contribution in [0.1, 0.15) is 31.4 Å². The third-order valence-corrected chi connectivity index (χ3v) is 3.30. The minimum absolute atomic E-state index is 0. The summed E-state index contributed by atoms with van der Waals surface area (Å²) < 4.78 is 0. The van der Waals surface area contributed by atoms with Crippen LogP contribution in [0.4, 0.5) is 10.5 Å². The van der Waals surface area contributed by atoms with Gasteiger partial charge in [-0.05, 0) is 44.5 Å². The second kappa shape index (κ2) is 8.60. The molecule has 22 heavy (non-hydrogen) atoms. The third-order valence-electron chi connectivity index (χ3n) is 3.30. The molecule has 1 aromatic rings. The number of rotatable bonds is 6. The lowest BCUT2D eigenvalue weighted by Gasteiger charge is -2.15. The zero-order chi connectivity index (χ0) is 15.2. The molecule has 1 aliphatic rings. The first-order valence-electron chi connectivity index (χ1n) is 7.20. The van der Waals surface area contributed by atoms with E-state index in [1.54, 1.807) is 7.05 Å². The first-order valence-corrected chi connectivity index (χ1v) is 7.20. The Kier molecular flexibility index (Phi) is 7.14. The van der Waals surface area contributed by atoms with Crippen LogP contribution in [0.25, 0.3) is 0 Å². The van der Waals surface area contributed by atoms with Crippen molar-refractivity contribution in [2.24, 2.45) is 0 Å². The van der Waals surface area contributed by atoms with E-state index in [4.69, 9.17) is 0 Å². The number of carbonyl (C=O) groups is 2. The fourth-order valence-corrected chi connectivity index (χ4v) is 1.97. The first kappa shape index (κ1) is 18.3. The molecule has 0 heterocycles. The molecule has 0 bridgehead atoms. The van der Waals surface area contributed by atoms with Crippen LogP contribution >= 0.6 is 12.4 Å². The number of likely N-dealkylation sites (N-methyl/N-ethyl adjacent to an activating group) is 1. The number of benzene rings is 1. The molecule has 122 valence electrons. The van der Waals surface area contributed by atoms with Crippen LogP contribution in [0.15, 0.2) is 24.3 Å². The van der Waals surface area contributed by atoms with E-state index in [0.717, 1.165) is 24.1 Å². The molecule has 2 rings (SSSR count). The zero-order valence-electron chi connectivity index (χ0n) is 12.8. The van der Waals surface area contributed by atoms with Crippen LogP contribution in [0.3, 0.4) is 0 Å². The molecule has 1 atom stereocenters. The van der Waals surface area contributed by atoms with Crippen molar-refractivity contribution in [3.05, 3.63) is 29.8 Å². The summed E-state index contributed by atoms with van der Waals surface area (Å²) in [4.78, 5) is 23.1. The van der Waals surface area contributed by atoms with Crippen molar-refractivity contribution in [3.8, 4) is 0 Å². The van der Waals surface area contributed by atoms with Crippen LogP contribution < -0.4 is 21.3 Å². The highest BCUT2D eigenvalue weighted by atomic mass is 35.5. The lowest BCUT2D eigenvalue weighted by Crippen LogP contribution is -2.34. The van der Waals surface area contributed by atoms with Gasteiger partial charge in [-0.1, -0.05) is 12.1 Å². The standard InChI is InChI=1S/C15H22N4O2.ClH/c1-10(17-14(20)9-16-2)11-3-5-12(6-4-11)18-15(21)19-13-7-8-13;/h3-6,10,13,16H,7-9H2,1-2H3,(H,17,20)(H2,18,19,21);1H. The molecule has 4 N–H and O–H groups in total. The number of amides is 3. The number of hydrogen-bond donors (Lipinski definition) is 4. The van der Waals surface area contributed by atoms with Crippen molar-refractivity contribution in [2.75, 3.05) is 18.9 Å². The van der Waals surface area contributed by atoms with E-state index >= 15 is 0 Å². The summed E-state index contributed by atoms with van der Waals surface area (Å²) >= 11 is 0. The molecular weight excluding hydrogens is 304 g/mol. The van der Waals surface area contributed by atoms with Gasteiger partial charge in [0, 0.05) is 11.7 Å². The van der Waals surface area contributed by atoms with Gasteiger partial charge in [-0.3, -0.25) is 4.79 Å². The summed E-state index contributed by atoms with van der Waals surface area (Å²) in [6.45, 7) is 2.22. The number of urea groups is 1. The maximum absolute atomic E-state index is 11.6. The molecule has 0 aliphatic heterocycles. The van der Waals surface area contributed by atoms with E-state index in [9.17, 15) is 9.59 Å². The number of anilines is 1. The van der Waals surface area contributed by atoms with E-state index in [-0.39, 0.29) is 30.4 Å². The highest BCUT2D eigenvalue weighted by molar-refractivity contribution is 5.89. The lowest BCUT2D eigenvalue weighted by molar-refractivity contribution is -0.120. The van der Waals surface area contributed by atoms with Crippen molar-refractivity contribution in [2.45, 2.75) is 31.8 Å². The first-order chi connectivity index (χ1) is 10.1. The molecule has 7 heteroatoms. The summed E-state index contributed by atoms with van der Waals surface area (Å²) in [5.74, 6) is -0.0454. The third kappa shape index (κ3) is 5.91. The van der Waals surface area contributed by atoms with Gasteiger partial charge in [0.05, 0.1) is 12.6 Å². The Bertz CT molecular complexity index is 503. The summed E-state index contributed by atoms with van der Waals surface area (Å²) in [6, 6.07) is 7.58. The minimum atomic E-state index is -0.166. The number of nitrogens with one attached hydrogen (secondary N) is 4. The van der Waals surface area contributed by atoms with Crippen molar-refractivity contribution in [1.82, 2.24) is 16.0 Å². The number of halogens is 1. The Hall–Kier alpha value is -1.79. The maximum Gasteiger partial charge on any atom is 0.319 e. The van der Waals surface area contributed by atoms with Gasteiger partial charge < -0.3 is 21.3 Å². The molecule has 1 aromatic carbocycles. The topological polar surface area (TPSA) is 82.3 Å². The molecular formula is C15H23ClN4O2. The largest absolute Gasteiger partial charge is 0.348 e. The SMILES string of the molecule is CNCC(=O)NC(C)c1ccc(NC(=O)NC2CC2)cc1.Cl. The van der Waals surface area contributed by atoms with Gasteiger partial charge in [-0.25, -0.2) is 4.79 Å². The summed E-state index contributed by atoms with van der Waals surface area (Å²) in [6.07, 6.45) is 2.13. The smallest absolute Gasteiger partial charge is 0.319 e. The van der Waals surface area contributed by atoms with Crippen LogP contribution in [0, 0.1) is 0 Å². The molecule has 1 aliphatic carbocycles. The van der Waals surface area contributed by atoms with Crippen LogP contribution in [0.5, 0.6) is 0 Å². The van der Waals surface area contributed by atoms with E-state index in [2.05, 4.69) is 21.3 Å². The van der Waals surface area contributed by atoms with Crippen LogP contribution in [0.2, 0.25) is 0 Å². The molecule has 0 aromatic heterocycles. The van der Waals surface area contributed by atoms with Gasteiger partial charge in [0.25, 0.3) is 0 Å². The zero-order valence-corrected chi connectivity index (χ0v) is 13.6. The molecule has 0 spiro atoms. The van der Waals surface area contributed by atoms with Crippen molar-refractivity contribution < 1.29 is 9.59 Å². The van der Waals surface area contributed by atoms with Crippen molar-refractivity contribution in [3.63, 3.8) is 0 Å². The highest BCUT2D eigenvalue weighted by Gasteiger charge is 2.23. The van der Waals surface area contributed by atoms with E-state index in [1.807, 2.05) is 31.2 Å². The molecule has 3 amide bonds. The van der Waals surface area contributed by atoms with Gasteiger partial charge in [-0.15, -0.1) is 12.4 Å². The Morgan fingerprint density at radius 3 is 2.41 bits per heavy atom. The average Bonchev–Trinajstić information content (AvgIpc) is 3.23. The molecule has 6 nitrogen and oxygen atoms in total. The predicted octanol–water partition coefficient (Wildman–Crippen LogP) is 1.79. The van der Waals surface area contributed by atoms with Gasteiger partial charge in [-0.2, -0.15) is 0 Å². The van der Waals surface area contributed by atoms with Crippen LogP contribution in [-0.4, -0.2) is 31.6 Å². The molecule has 1 fully saturated rings. The quantitative estimate of drug-likeness (QED) is 0.643. The van der Waals surface area contributed by atoms with Gasteiger partial charge in [0.1, 0.15) is 0 Å². The second-order valence-corrected chi connectivity index (χ2v) is 5.31. The van der Waals surface area contributed by atoms with Gasteiger partial charge in [0.2, 0.25) is 5.91 Å². The number of hydrogen-bond acceptors (Lipinski definition) is 3. The summed E-state index contributed by atoms with van der Waals surface area (Å²) in [7, 11) is 1.73. The summed E-state index contributed by atoms with van der Waals surface area (Å²) in [5.41, 5.74) is 1.73. The van der Waals surface area contributed by atoms with Crippen LogP contribution in [-0.2, 0) is 4.79 Å². The van der Waals surface area contributed by atoms with Crippen molar-refractivity contribution >= 4 is 30.0 Å². The Labute approximate surface area is 136 Å². The summed E-state index contributed by atoms with van der Waals surface area (Å²) in [5, 5.41) is 11.4. The number of carbonyl (C=O) groups excluding carboxylic acids is 2. The predicted molar refractivity (Wildman–Crippen MR) is 89.4 cm³/mol. The fourth-order valence-electron chi connectivity index (χ4n) is 1.97. The Balaban J connectivity index is 0.00000242. The normalized spacial score (nSPS) is 14.5. The second-order valence-electron chi connectivity index (χ2n) is 5.31. The van der Waals surface area contributed by atoms with E-state index in [0.29, 0.717) is 12.6 Å². The molecule has 1 saturated carbocycles. The fraction of sp³-hybridized carbons (Fsp3) is 0.467. The maximum atomic E-state index is 11.6. The Morgan fingerprint density at radius 1 is 1.23 bits per heavy atom. The lowest BCUT2D eigenvalue weighted by atomic mass is 10.1. The molecule has 0 saturated heterocycles. The molecule has 0 radical (unpaired) electrons. The van der Waals surface area contributed by atoms with Gasteiger partial charge >= 0.3 is 6.03 Å².